The SMILES string of the molecule is COc1ccc(S(=O)(=O)NC2CCN(Cc3ccccc3)C2)cc1OC. The van der Waals surface area contributed by atoms with E-state index in [-0.39, 0.29) is 10.9 Å². The Labute approximate surface area is 154 Å². The van der Waals surface area contributed by atoms with E-state index in [9.17, 15) is 8.42 Å². The molecule has 1 heterocycles. The zero-order chi connectivity index (χ0) is 18.6. The summed E-state index contributed by atoms with van der Waals surface area (Å²) in [5.74, 6) is 0.897. The first-order chi connectivity index (χ1) is 12.5. The lowest BCUT2D eigenvalue weighted by Crippen LogP contribution is -2.36. The molecule has 0 spiro atoms. The number of methoxy groups -OCH3 is 2. The molecule has 0 bridgehead atoms. The van der Waals surface area contributed by atoms with Gasteiger partial charge in [0.1, 0.15) is 0 Å². The maximum atomic E-state index is 12.7. The zero-order valence-electron chi connectivity index (χ0n) is 15.0. The Morgan fingerprint density at radius 1 is 1.08 bits per heavy atom. The first-order valence-corrected chi connectivity index (χ1v) is 10.0. The average molecular weight is 376 g/mol. The van der Waals surface area contributed by atoms with E-state index in [0.717, 1.165) is 19.5 Å². The third-order valence-corrected chi connectivity index (χ3v) is 6.03. The van der Waals surface area contributed by atoms with Crippen LogP contribution in [0.2, 0.25) is 0 Å². The van der Waals surface area contributed by atoms with Crippen LogP contribution in [0, 0.1) is 0 Å². The van der Waals surface area contributed by atoms with E-state index in [1.165, 1.54) is 31.9 Å². The number of ether oxygens (including phenoxy) is 2. The lowest BCUT2D eigenvalue weighted by atomic mass is 10.2. The van der Waals surface area contributed by atoms with E-state index in [0.29, 0.717) is 18.0 Å². The molecular weight excluding hydrogens is 352 g/mol. The van der Waals surface area contributed by atoms with Crippen LogP contribution in [-0.2, 0) is 16.6 Å². The van der Waals surface area contributed by atoms with Crippen LogP contribution < -0.4 is 14.2 Å². The van der Waals surface area contributed by atoms with Crippen LogP contribution >= 0.6 is 0 Å². The first-order valence-electron chi connectivity index (χ1n) is 8.52. The molecule has 0 saturated carbocycles. The van der Waals surface area contributed by atoms with Gasteiger partial charge >= 0.3 is 0 Å². The molecule has 1 saturated heterocycles. The van der Waals surface area contributed by atoms with Crippen LogP contribution in [0.1, 0.15) is 12.0 Å². The molecule has 6 nitrogen and oxygen atoms in total. The highest BCUT2D eigenvalue weighted by atomic mass is 32.2. The number of nitrogens with one attached hydrogen (secondary N) is 1. The van der Waals surface area contributed by atoms with Crippen molar-refractivity contribution in [2.45, 2.75) is 23.9 Å². The van der Waals surface area contributed by atoms with Crippen LogP contribution in [0.4, 0.5) is 0 Å². The fourth-order valence-electron chi connectivity index (χ4n) is 3.19. The van der Waals surface area contributed by atoms with Crippen molar-refractivity contribution in [1.82, 2.24) is 9.62 Å². The molecule has 1 fully saturated rings. The van der Waals surface area contributed by atoms with Gasteiger partial charge in [-0.05, 0) is 24.1 Å². The largest absolute Gasteiger partial charge is 0.493 e. The molecule has 2 aromatic rings. The minimum atomic E-state index is -3.61. The number of rotatable bonds is 7. The highest BCUT2D eigenvalue weighted by Crippen LogP contribution is 2.29. The van der Waals surface area contributed by atoms with Gasteiger partial charge in [-0.1, -0.05) is 30.3 Å². The lowest BCUT2D eigenvalue weighted by Gasteiger charge is -2.17. The molecule has 140 valence electrons. The number of hydrogen-bond donors (Lipinski definition) is 1. The fraction of sp³-hybridized carbons (Fsp3) is 0.368. The molecule has 2 aromatic carbocycles. The summed E-state index contributed by atoms with van der Waals surface area (Å²) < 4.78 is 38.6. The summed E-state index contributed by atoms with van der Waals surface area (Å²) in [7, 11) is -0.606. The van der Waals surface area contributed by atoms with Crippen molar-refractivity contribution in [3.63, 3.8) is 0 Å². The van der Waals surface area contributed by atoms with Crippen LogP contribution in [0.25, 0.3) is 0 Å². The van der Waals surface area contributed by atoms with Gasteiger partial charge in [0, 0.05) is 31.7 Å². The van der Waals surface area contributed by atoms with Gasteiger partial charge in [-0.2, -0.15) is 0 Å². The predicted molar refractivity (Wildman–Crippen MR) is 100.0 cm³/mol. The summed E-state index contributed by atoms with van der Waals surface area (Å²) in [6.45, 7) is 2.39. The summed E-state index contributed by atoms with van der Waals surface area (Å²) in [5, 5.41) is 0. The Balaban J connectivity index is 1.65. The second-order valence-electron chi connectivity index (χ2n) is 6.34. The van der Waals surface area contributed by atoms with Crippen LogP contribution in [0.3, 0.4) is 0 Å². The number of sulfonamides is 1. The van der Waals surface area contributed by atoms with E-state index in [2.05, 4.69) is 21.8 Å². The van der Waals surface area contributed by atoms with Gasteiger partial charge in [-0.25, -0.2) is 13.1 Å². The maximum Gasteiger partial charge on any atom is 0.241 e. The van der Waals surface area contributed by atoms with Crippen molar-refractivity contribution in [2.24, 2.45) is 0 Å². The standard InChI is InChI=1S/C19H24N2O4S/c1-24-18-9-8-17(12-19(18)25-2)26(22,23)20-16-10-11-21(14-16)13-15-6-4-3-5-7-15/h3-9,12,16,20H,10-11,13-14H2,1-2H3. The van der Waals surface area contributed by atoms with Gasteiger partial charge < -0.3 is 9.47 Å². The molecule has 1 atom stereocenters. The fourth-order valence-corrected chi connectivity index (χ4v) is 4.46. The first kappa shape index (κ1) is 18.7. The van der Waals surface area contributed by atoms with Crippen molar-refractivity contribution < 1.29 is 17.9 Å². The Bertz CT molecular complexity index is 840. The van der Waals surface area contributed by atoms with Crippen molar-refractivity contribution in [3.8, 4) is 11.5 Å². The highest BCUT2D eigenvalue weighted by molar-refractivity contribution is 7.89. The summed E-state index contributed by atoms with van der Waals surface area (Å²) >= 11 is 0. The quantitative estimate of drug-likeness (QED) is 0.803. The minimum Gasteiger partial charge on any atom is -0.493 e. The number of hydrogen-bond acceptors (Lipinski definition) is 5. The smallest absolute Gasteiger partial charge is 0.241 e. The zero-order valence-corrected chi connectivity index (χ0v) is 15.8. The van der Waals surface area contributed by atoms with Gasteiger partial charge in [0.05, 0.1) is 19.1 Å². The summed E-state index contributed by atoms with van der Waals surface area (Å²) in [6, 6.07) is 14.7. The summed E-state index contributed by atoms with van der Waals surface area (Å²) in [4.78, 5) is 2.44. The minimum absolute atomic E-state index is 0.100. The molecule has 7 heteroatoms. The highest BCUT2D eigenvalue weighted by Gasteiger charge is 2.27. The second kappa shape index (κ2) is 8.07. The van der Waals surface area contributed by atoms with E-state index in [1.54, 1.807) is 6.07 Å². The molecule has 0 aliphatic carbocycles. The van der Waals surface area contributed by atoms with Crippen molar-refractivity contribution in [3.05, 3.63) is 54.1 Å². The van der Waals surface area contributed by atoms with E-state index >= 15 is 0 Å². The van der Waals surface area contributed by atoms with Crippen molar-refractivity contribution in [2.75, 3.05) is 27.3 Å². The van der Waals surface area contributed by atoms with Gasteiger partial charge in [0.15, 0.2) is 11.5 Å². The van der Waals surface area contributed by atoms with E-state index < -0.39 is 10.0 Å². The van der Waals surface area contributed by atoms with E-state index in [4.69, 9.17) is 9.47 Å². The third kappa shape index (κ3) is 4.35. The molecule has 1 aliphatic heterocycles. The monoisotopic (exact) mass is 376 g/mol. The van der Waals surface area contributed by atoms with Crippen molar-refractivity contribution in [1.29, 1.82) is 0 Å². The summed E-state index contributed by atoms with van der Waals surface area (Å²) in [6.07, 6.45) is 0.791. The van der Waals surface area contributed by atoms with E-state index in [1.807, 2.05) is 18.2 Å². The van der Waals surface area contributed by atoms with Crippen LogP contribution in [-0.4, -0.2) is 46.7 Å². The molecule has 26 heavy (non-hydrogen) atoms. The Morgan fingerprint density at radius 2 is 1.81 bits per heavy atom. The number of benzene rings is 2. The van der Waals surface area contributed by atoms with Gasteiger partial charge in [-0.3, -0.25) is 4.90 Å². The molecule has 0 amide bonds. The number of nitrogens with zero attached hydrogens (tertiary/aromatic N) is 1. The average Bonchev–Trinajstić information content (AvgIpc) is 3.08. The maximum absolute atomic E-state index is 12.7. The predicted octanol–water partition coefficient (Wildman–Crippen LogP) is 2.26. The van der Waals surface area contributed by atoms with Crippen LogP contribution in [0.15, 0.2) is 53.4 Å². The Morgan fingerprint density at radius 3 is 2.50 bits per heavy atom. The van der Waals surface area contributed by atoms with Gasteiger partial charge in [-0.15, -0.1) is 0 Å². The topological polar surface area (TPSA) is 67.9 Å². The normalized spacial score (nSPS) is 18.0. The molecule has 1 aliphatic rings. The lowest BCUT2D eigenvalue weighted by molar-refractivity contribution is 0.324. The Hall–Kier alpha value is -2.09. The Kier molecular flexibility index (Phi) is 5.80. The third-order valence-electron chi connectivity index (χ3n) is 4.51. The molecule has 0 aromatic heterocycles. The van der Waals surface area contributed by atoms with Gasteiger partial charge in [0.25, 0.3) is 0 Å². The van der Waals surface area contributed by atoms with Crippen molar-refractivity contribution >= 4 is 10.0 Å². The number of likely N-dealkylation sites (tertiary alicyclic amines) is 1. The summed E-state index contributed by atoms with van der Waals surface area (Å²) in [5.41, 5.74) is 1.23. The van der Waals surface area contributed by atoms with Gasteiger partial charge in [0.2, 0.25) is 10.0 Å². The molecule has 0 radical (unpaired) electrons. The second-order valence-corrected chi connectivity index (χ2v) is 8.06. The molecule has 1 N–H and O–H groups in total. The van der Waals surface area contributed by atoms with Crippen LogP contribution in [0.5, 0.6) is 11.5 Å². The molecular formula is C19H24N2O4S. The molecule has 3 rings (SSSR count). The molecule has 1 unspecified atom stereocenters.